The molecule has 0 bridgehead atoms. The third-order valence-corrected chi connectivity index (χ3v) is 7.45. The van der Waals surface area contributed by atoms with Crippen LogP contribution in [0, 0.1) is 0 Å². The highest BCUT2D eigenvalue weighted by atomic mass is 32.1. The zero-order valence-electron chi connectivity index (χ0n) is 26.6. The minimum Gasteiger partial charge on any atom is -0.402 e. The van der Waals surface area contributed by atoms with E-state index in [1.54, 1.807) is 36.4 Å². The molecule has 2 aromatic rings. The normalized spacial score (nSPS) is 14.1. The molecule has 0 aliphatic heterocycles. The van der Waals surface area contributed by atoms with E-state index < -0.39 is 24.1 Å². The minimum absolute atomic E-state index is 0.000974. The Labute approximate surface area is 276 Å². The maximum atomic E-state index is 12.8. The van der Waals surface area contributed by atoms with Gasteiger partial charge in [-0.2, -0.15) is 13.2 Å². The quantitative estimate of drug-likeness (QED) is 0.105. The van der Waals surface area contributed by atoms with Crippen LogP contribution in [-0.4, -0.2) is 44.8 Å². The molecule has 1 aromatic carbocycles. The molecular formula is C32H42F3N7O4S. The molecule has 0 radical (unpaired) electrons. The lowest BCUT2D eigenvalue weighted by Crippen LogP contribution is -2.46. The van der Waals surface area contributed by atoms with E-state index in [0.717, 1.165) is 23.4 Å². The maximum absolute atomic E-state index is 12.8. The van der Waals surface area contributed by atoms with Gasteiger partial charge in [-0.25, -0.2) is 0 Å². The second-order valence-electron chi connectivity index (χ2n) is 11.1. The lowest BCUT2D eigenvalue weighted by Gasteiger charge is -2.25. The molecule has 3 amide bonds. The molecule has 11 nitrogen and oxygen atoms in total. The van der Waals surface area contributed by atoms with Crippen molar-refractivity contribution in [1.29, 1.82) is 0 Å². The molecule has 8 N–H and O–H groups in total. The van der Waals surface area contributed by atoms with Crippen LogP contribution in [0.1, 0.15) is 69.0 Å². The monoisotopic (exact) mass is 677 g/mol. The van der Waals surface area contributed by atoms with Crippen LogP contribution in [0.2, 0.25) is 0 Å². The number of aromatic nitrogens is 2. The van der Waals surface area contributed by atoms with Gasteiger partial charge in [-0.3, -0.25) is 14.4 Å². The zero-order valence-corrected chi connectivity index (χ0v) is 27.4. The summed E-state index contributed by atoms with van der Waals surface area (Å²) in [6, 6.07) is 6.68. The van der Waals surface area contributed by atoms with E-state index in [1.165, 1.54) is 11.3 Å². The van der Waals surface area contributed by atoms with Gasteiger partial charge in [0.15, 0.2) is 5.60 Å². The molecular weight excluding hydrogens is 635 g/mol. The first-order valence-corrected chi connectivity index (χ1v) is 15.7. The molecule has 1 atom stereocenters. The number of carbonyl (C=O) groups excluding carboxylic acids is 3. The highest BCUT2D eigenvalue weighted by Gasteiger charge is 2.50. The first-order valence-electron chi connectivity index (χ1n) is 14.8. The number of hydrogen-bond donors (Lipinski definition) is 6. The van der Waals surface area contributed by atoms with E-state index in [9.17, 15) is 32.7 Å². The summed E-state index contributed by atoms with van der Waals surface area (Å²) in [6.07, 6.45) is 5.80. The lowest BCUT2D eigenvalue weighted by molar-refractivity contribution is -0.253. The first kappa shape index (κ1) is 38.7. The SMILES string of the molecule is C/C=C\C=C(/C)CC(=O)N/C(N)=C/C=C(\N)CCCCc1nnc(NC(=O)Cc2cccc(CNC(=O)CC(C)(O)C(F)(F)F)c2)s1. The molecule has 256 valence electrons. The molecule has 0 saturated carbocycles. The molecule has 1 heterocycles. The summed E-state index contributed by atoms with van der Waals surface area (Å²) >= 11 is 1.26. The maximum Gasteiger partial charge on any atom is 0.417 e. The Kier molecular flexibility index (Phi) is 15.3. The van der Waals surface area contributed by atoms with Crippen molar-refractivity contribution in [2.45, 2.75) is 84.0 Å². The number of anilines is 1. The fraction of sp³-hybridized carbons (Fsp3) is 0.406. The number of hydrogen-bond acceptors (Lipinski definition) is 9. The van der Waals surface area contributed by atoms with Crippen LogP contribution >= 0.6 is 11.3 Å². The summed E-state index contributed by atoms with van der Waals surface area (Å²) in [5.74, 6) is -1.30. The van der Waals surface area contributed by atoms with Gasteiger partial charge in [-0.05, 0) is 63.3 Å². The van der Waals surface area contributed by atoms with Crippen molar-refractivity contribution in [3.63, 3.8) is 0 Å². The van der Waals surface area contributed by atoms with E-state index >= 15 is 0 Å². The molecule has 0 fully saturated rings. The largest absolute Gasteiger partial charge is 0.417 e. The third kappa shape index (κ3) is 15.1. The first-order chi connectivity index (χ1) is 22.1. The summed E-state index contributed by atoms with van der Waals surface area (Å²) < 4.78 is 38.4. The number of benzene rings is 1. The molecule has 0 aliphatic rings. The highest BCUT2D eigenvalue weighted by Crippen LogP contribution is 2.32. The Bertz CT molecular complexity index is 1500. The number of allylic oxidation sites excluding steroid dienone is 6. The van der Waals surface area contributed by atoms with E-state index in [4.69, 9.17) is 11.5 Å². The van der Waals surface area contributed by atoms with Crippen LogP contribution in [0.25, 0.3) is 0 Å². The number of halogens is 3. The molecule has 0 spiro atoms. The van der Waals surface area contributed by atoms with Crippen molar-refractivity contribution >= 4 is 34.2 Å². The van der Waals surface area contributed by atoms with Gasteiger partial charge in [-0.1, -0.05) is 59.4 Å². The number of nitrogens with one attached hydrogen (secondary N) is 3. The van der Waals surface area contributed by atoms with E-state index in [-0.39, 0.29) is 37.0 Å². The molecule has 1 aromatic heterocycles. The predicted molar refractivity (Wildman–Crippen MR) is 175 cm³/mol. The van der Waals surface area contributed by atoms with Crippen LogP contribution in [0.3, 0.4) is 0 Å². The topological polar surface area (TPSA) is 185 Å². The standard InChI is InChI=1S/C32H42F3N7O4S/c1-4-5-9-21(2)16-26(43)39-25(37)15-14-24(36)12-6-7-13-29-41-42-30(47-29)40-27(44)18-22-10-8-11-23(17-22)20-38-28(45)19-31(3,46)32(33,34)35/h4-5,8-11,14-15,17,46H,6-7,12-13,16,18-20,36-37H2,1-3H3,(H,38,45)(H,39,43)(H,40,42,44)/b5-4-,21-9+,24-14-,25-15+. The number of rotatable bonds is 17. The average molecular weight is 678 g/mol. The molecule has 2 rings (SSSR count). The number of unbranched alkanes of at least 4 members (excludes halogenated alkanes) is 1. The summed E-state index contributed by atoms with van der Waals surface area (Å²) in [7, 11) is 0. The average Bonchev–Trinajstić information content (AvgIpc) is 3.42. The second-order valence-corrected chi connectivity index (χ2v) is 12.2. The highest BCUT2D eigenvalue weighted by molar-refractivity contribution is 7.15. The van der Waals surface area contributed by atoms with Crippen molar-refractivity contribution in [3.8, 4) is 0 Å². The fourth-order valence-electron chi connectivity index (χ4n) is 3.98. The molecule has 0 aliphatic carbocycles. The number of carbonyl (C=O) groups is 3. The van der Waals surface area contributed by atoms with Gasteiger partial charge in [0.1, 0.15) is 10.8 Å². The summed E-state index contributed by atoms with van der Waals surface area (Å²) in [5.41, 5.74) is 11.5. The van der Waals surface area contributed by atoms with Crippen LogP contribution in [0.4, 0.5) is 18.3 Å². The Balaban J connectivity index is 1.74. The van der Waals surface area contributed by atoms with Crippen molar-refractivity contribution in [1.82, 2.24) is 20.8 Å². The third-order valence-electron chi connectivity index (χ3n) is 6.55. The minimum atomic E-state index is -4.93. The second kappa shape index (κ2) is 18.6. The fourth-order valence-corrected chi connectivity index (χ4v) is 4.78. The van der Waals surface area contributed by atoms with E-state index in [0.29, 0.717) is 41.7 Å². The molecule has 15 heteroatoms. The summed E-state index contributed by atoms with van der Waals surface area (Å²) in [5, 5.41) is 26.4. The van der Waals surface area contributed by atoms with Crippen molar-refractivity contribution in [3.05, 3.63) is 87.9 Å². The number of alkyl halides is 3. The van der Waals surface area contributed by atoms with Gasteiger partial charge in [0.2, 0.25) is 22.9 Å². The number of aliphatic hydroxyl groups is 1. The van der Waals surface area contributed by atoms with Gasteiger partial charge in [0, 0.05) is 25.1 Å². The van der Waals surface area contributed by atoms with Crippen LogP contribution in [0.15, 0.2) is 71.7 Å². The van der Waals surface area contributed by atoms with E-state index in [1.807, 2.05) is 32.1 Å². The molecule has 1 unspecified atom stereocenters. The number of nitrogens with two attached hydrogens (primary N) is 2. The Hall–Kier alpha value is -4.50. The van der Waals surface area contributed by atoms with Gasteiger partial charge in [0.05, 0.1) is 12.8 Å². The predicted octanol–water partition coefficient (Wildman–Crippen LogP) is 4.42. The number of aryl methyl sites for hydroxylation is 1. The Morgan fingerprint density at radius 2 is 1.74 bits per heavy atom. The summed E-state index contributed by atoms with van der Waals surface area (Å²) in [4.78, 5) is 36.5. The van der Waals surface area contributed by atoms with Crippen LogP contribution in [-0.2, 0) is 33.8 Å². The zero-order chi connectivity index (χ0) is 35.0. The Morgan fingerprint density at radius 3 is 2.45 bits per heavy atom. The van der Waals surface area contributed by atoms with Gasteiger partial charge < -0.3 is 32.5 Å². The molecule has 0 saturated heterocycles. The van der Waals surface area contributed by atoms with Crippen molar-refractivity contribution in [2.24, 2.45) is 11.5 Å². The smallest absolute Gasteiger partial charge is 0.402 e. The number of amides is 3. The van der Waals surface area contributed by atoms with Crippen molar-refractivity contribution < 1.29 is 32.7 Å². The number of nitrogens with zero attached hydrogens (tertiary/aromatic N) is 2. The van der Waals surface area contributed by atoms with Crippen molar-refractivity contribution in [2.75, 3.05) is 5.32 Å². The lowest BCUT2D eigenvalue weighted by atomic mass is 10.0. The van der Waals surface area contributed by atoms with Crippen LogP contribution in [0.5, 0.6) is 0 Å². The molecule has 47 heavy (non-hydrogen) atoms. The van der Waals surface area contributed by atoms with Gasteiger partial charge >= 0.3 is 6.18 Å². The van der Waals surface area contributed by atoms with Gasteiger partial charge in [-0.15, -0.1) is 10.2 Å². The summed E-state index contributed by atoms with van der Waals surface area (Å²) in [6.45, 7) is 4.23. The Morgan fingerprint density at radius 1 is 1.02 bits per heavy atom. The van der Waals surface area contributed by atoms with E-state index in [2.05, 4.69) is 26.1 Å². The van der Waals surface area contributed by atoms with Crippen LogP contribution < -0.4 is 27.4 Å². The van der Waals surface area contributed by atoms with Gasteiger partial charge in [0.25, 0.3) is 0 Å².